The number of ether oxygens (including phenoxy) is 1. The van der Waals surface area contributed by atoms with Crippen LogP contribution in [0.3, 0.4) is 0 Å². The minimum absolute atomic E-state index is 0.363. The van der Waals surface area contributed by atoms with Gasteiger partial charge >= 0.3 is 6.03 Å². The molecule has 2 amide bonds. The Morgan fingerprint density at radius 2 is 1.95 bits per heavy atom. The fraction of sp³-hybridized carbons (Fsp3) is 0.188. The average Bonchev–Trinajstić information content (AvgIpc) is 2.49. The van der Waals surface area contributed by atoms with Gasteiger partial charge in [-0.1, -0.05) is 41.4 Å². The highest BCUT2D eigenvalue weighted by Crippen LogP contribution is 2.25. The Morgan fingerprint density at radius 1 is 1.18 bits per heavy atom. The van der Waals surface area contributed by atoms with Crippen molar-refractivity contribution in [1.82, 2.24) is 5.32 Å². The van der Waals surface area contributed by atoms with Gasteiger partial charge in [-0.05, 0) is 36.8 Å². The summed E-state index contributed by atoms with van der Waals surface area (Å²) in [6.45, 7) is 2.72. The minimum atomic E-state index is -0.363. The lowest BCUT2D eigenvalue weighted by Gasteiger charge is -2.11. The third-order valence-electron chi connectivity index (χ3n) is 2.92. The first-order valence-corrected chi connectivity index (χ1v) is 7.50. The van der Waals surface area contributed by atoms with Gasteiger partial charge in [0.05, 0.1) is 17.3 Å². The zero-order chi connectivity index (χ0) is 15.9. The van der Waals surface area contributed by atoms with Crippen LogP contribution in [0.15, 0.2) is 42.5 Å². The number of amides is 2. The van der Waals surface area contributed by atoms with E-state index < -0.39 is 0 Å². The highest BCUT2D eigenvalue weighted by Gasteiger charge is 2.06. The standard InChI is InChI=1S/C16H16Cl2N2O2/c1-11-4-2-3-5-15(11)22-9-8-19-16(21)20-14-10-12(17)6-7-13(14)18/h2-7,10H,8-9H2,1H3,(H2,19,20,21). The number of carbonyl (C=O) groups is 1. The van der Waals surface area contributed by atoms with Crippen molar-refractivity contribution in [2.45, 2.75) is 6.92 Å². The largest absolute Gasteiger partial charge is 0.491 e. The second-order valence-corrected chi connectivity index (χ2v) is 5.46. The number of hydrogen-bond acceptors (Lipinski definition) is 2. The molecule has 0 radical (unpaired) electrons. The second-order valence-electron chi connectivity index (χ2n) is 4.62. The highest BCUT2D eigenvalue weighted by atomic mass is 35.5. The van der Waals surface area contributed by atoms with Gasteiger partial charge in [0.2, 0.25) is 0 Å². The summed E-state index contributed by atoms with van der Waals surface area (Å²) >= 11 is 11.8. The first-order valence-electron chi connectivity index (χ1n) is 6.74. The SMILES string of the molecule is Cc1ccccc1OCCNC(=O)Nc1cc(Cl)ccc1Cl. The van der Waals surface area contributed by atoms with E-state index in [4.69, 9.17) is 27.9 Å². The van der Waals surface area contributed by atoms with Gasteiger partial charge in [-0.15, -0.1) is 0 Å². The number of aryl methyl sites for hydroxylation is 1. The zero-order valence-corrected chi connectivity index (χ0v) is 13.5. The first-order chi connectivity index (χ1) is 10.6. The Labute approximate surface area is 139 Å². The third kappa shape index (κ3) is 4.83. The highest BCUT2D eigenvalue weighted by molar-refractivity contribution is 6.35. The fourth-order valence-corrected chi connectivity index (χ4v) is 2.14. The molecule has 2 N–H and O–H groups in total. The number of benzene rings is 2. The molecule has 4 nitrogen and oxygen atoms in total. The van der Waals surface area contributed by atoms with Crippen LogP contribution in [0.5, 0.6) is 5.75 Å². The Hall–Kier alpha value is -1.91. The number of rotatable bonds is 5. The van der Waals surface area contributed by atoms with E-state index in [-0.39, 0.29) is 6.03 Å². The molecule has 0 atom stereocenters. The summed E-state index contributed by atoms with van der Waals surface area (Å²) in [5, 5.41) is 6.26. The van der Waals surface area contributed by atoms with Crippen molar-refractivity contribution >= 4 is 34.9 Å². The molecule has 0 bridgehead atoms. The van der Waals surface area contributed by atoms with Gasteiger partial charge in [0, 0.05) is 5.02 Å². The van der Waals surface area contributed by atoms with E-state index >= 15 is 0 Å². The van der Waals surface area contributed by atoms with E-state index in [1.54, 1.807) is 18.2 Å². The lowest BCUT2D eigenvalue weighted by Crippen LogP contribution is -2.32. The van der Waals surface area contributed by atoms with Crippen molar-refractivity contribution in [3.05, 3.63) is 58.1 Å². The van der Waals surface area contributed by atoms with Crippen molar-refractivity contribution in [1.29, 1.82) is 0 Å². The van der Waals surface area contributed by atoms with E-state index in [1.165, 1.54) is 0 Å². The van der Waals surface area contributed by atoms with Crippen molar-refractivity contribution in [3.8, 4) is 5.75 Å². The molecule has 0 saturated carbocycles. The number of anilines is 1. The topological polar surface area (TPSA) is 50.4 Å². The van der Waals surface area contributed by atoms with Crippen molar-refractivity contribution in [3.63, 3.8) is 0 Å². The van der Waals surface area contributed by atoms with E-state index in [0.717, 1.165) is 11.3 Å². The maximum atomic E-state index is 11.8. The molecule has 0 heterocycles. The molecule has 0 saturated heterocycles. The monoisotopic (exact) mass is 338 g/mol. The predicted octanol–water partition coefficient (Wildman–Crippen LogP) is 4.50. The predicted molar refractivity (Wildman–Crippen MR) is 90.2 cm³/mol. The molecule has 0 aromatic heterocycles. The number of halogens is 2. The van der Waals surface area contributed by atoms with Crippen LogP contribution < -0.4 is 15.4 Å². The molecular formula is C16H16Cl2N2O2. The Balaban J connectivity index is 1.76. The van der Waals surface area contributed by atoms with Gasteiger partial charge in [-0.2, -0.15) is 0 Å². The number of nitrogens with one attached hydrogen (secondary N) is 2. The molecule has 2 aromatic rings. The summed E-state index contributed by atoms with van der Waals surface area (Å²) in [6.07, 6.45) is 0. The molecule has 0 unspecified atom stereocenters. The Bertz CT molecular complexity index is 662. The third-order valence-corrected chi connectivity index (χ3v) is 3.48. The molecule has 0 spiro atoms. The Morgan fingerprint density at radius 3 is 2.73 bits per heavy atom. The number of para-hydroxylation sites is 1. The molecule has 0 fully saturated rings. The summed E-state index contributed by atoms with van der Waals surface area (Å²) in [6, 6.07) is 12.2. The number of urea groups is 1. The van der Waals surface area contributed by atoms with Crippen molar-refractivity contribution < 1.29 is 9.53 Å². The summed E-state index contributed by atoms with van der Waals surface area (Å²) in [5.74, 6) is 0.808. The molecule has 22 heavy (non-hydrogen) atoms. The fourth-order valence-electron chi connectivity index (χ4n) is 1.80. The normalized spacial score (nSPS) is 10.1. The molecule has 2 rings (SSSR count). The maximum Gasteiger partial charge on any atom is 0.319 e. The van der Waals surface area contributed by atoms with Crippen LogP contribution in [0, 0.1) is 6.92 Å². The second kappa shape index (κ2) is 7.92. The quantitative estimate of drug-likeness (QED) is 0.788. The van der Waals surface area contributed by atoms with Crippen LogP contribution in [0.1, 0.15) is 5.56 Å². The van der Waals surface area contributed by atoms with Crippen LogP contribution in [0.25, 0.3) is 0 Å². The van der Waals surface area contributed by atoms with E-state index in [0.29, 0.717) is 28.9 Å². The zero-order valence-electron chi connectivity index (χ0n) is 12.0. The number of hydrogen-bond donors (Lipinski definition) is 2. The van der Waals surface area contributed by atoms with Gasteiger partial charge in [-0.3, -0.25) is 0 Å². The first kappa shape index (κ1) is 16.5. The molecule has 0 aliphatic carbocycles. The van der Waals surface area contributed by atoms with Crippen LogP contribution in [0.4, 0.5) is 10.5 Å². The maximum absolute atomic E-state index is 11.8. The summed E-state index contributed by atoms with van der Waals surface area (Å²) in [5.41, 5.74) is 1.52. The van der Waals surface area contributed by atoms with Gasteiger partial charge in [0.1, 0.15) is 12.4 Å². The lowest BCUT2D eigenvalue weighted by molar-refractivity contribution is 0.247. The summed E-state index contributed by atoms with van der Waals surface area (Å²) < 4.78 is 5.59. The van der Waals surface area contributed by atoms with Crippen molar-refractivity contribution in [2.24, 2.45) is 0 Å². The van der Waals surface area contributed by atoms with Crippen LogP contribution >= 0.6 is 23.2 Å². The van der Waals surface area contributed by atoms with Crippen LogP contribution in [0.2, 0.25) is 10.0 Å². The van der Waals surface area contributed by atoms with E-state index in [1.807, 2.05) is 31.2 Å². The minimum Gasteiger partial charge on any atom is -0.491 e. The lowest BCUT2D eigenvalue weighted by atomic mass is 10.2. The molecule has 6 heteroatoms. The van der Waals surface area contributed by atoms with Gasteiger partial charge in [0.25, 0.3) is 0 Å². The van der Waals surface area contributed by atoms with Crippen LogP contribution in [-0.2, 0) is 0 Å². The molecule has 116 valence electrons. The average molecular weight is 339 g/mol. The van der Waals surface area contributed by atoms with E-state index in [9.17, 15) is 4.79 Å². The smallest absolute Gasteiger partial charge is 0.319 e. The number of carbonyl (C=O) groups excluding carboxylic acids is 1. The molecule has 2 aromatic carbocycles. The molecule has 0 aliphatic rings. The van der Waals surface area contributed by atoms with Gasteiger partial charge in [-0.25, -0.2) is 4.79 Å². The Kier molecular flexibility index (Phi) is 5.92. The summed E-state index contributed by atoms with van der Waals surface area (Å²) in [4.78, 5) is 11.8. The van der Waals surface area contributed by atoms with Crippen molar-refractivity contribution in [2.75, 3.05) is 18.5 Å². The summed E-state index contributed by atoms with van der Waals surface area (Å²) in [7, 11) is 0. The van der Waals surface area contributed by atoms with Crippen LogP contribution in [-0.4, -0.2) is 19.2 Å². The molecule has 0 aliphatic heterocycles. The van der Waals surface area contributed by atoms with Gasteiger partial charge in [0.15, 0.2) is 0 Å². The van der Waals surface area contributed by atoms with E-state index in [2.05, 4.69) is 10.6 Å². The van der Waals surface area contributed by atoms with Gasteiger partial charge < -0.3 is 15.4 Å². The molecular weight excluding hydrogens is 323 g/mol.